The predicted molar refractivity (Wildman–Crippen MR) is 226 cm³/mol. The van der Waals surface area contributed by atoms with Crippen molar-refractivity contribution in [3.63, 3.8) is 0 Å². The number of para-hydroxylation sites is 2. The Morgan fingerprint density at radius 1 is 0.364 bits per heavy atom. The third-order valence-electron chi connectivity index (χ3n) is 11.6. The molecule has 5 nitrogen and oxygen atoms in total. The average molecular weight is 702 g/mol. The van der Waals surface area contributed by atoms with E-state index in [1.165, 1.54) is 43.1 Å². The Bertz CT molecular complexity index is 3760. The number of furan rings is 2. The molecule has 0 unspecified atom stereocenters. The van der Waals surface area contributed by atoms with Crippen LogP contribution in [0.15, 0.2) is 173 Å². The van der Waals surface area contributed by atoms with E-state index in [0.29, 0.717) is 11.7 Å². The monoisotopic (exact) mass is 701 g/mol. The van der Waals surface area contributed by atoms with Crippen LogP contribution in [0.3, 0.4) is 0 Å². The fourth-order valence-electron chi connectivity index (χ4n) is 9.20. The summed E-state index contributed by atoms with van der Waals surface area (Å²) in [5.74, 6) is 0.554. The van der Waals surface area contributed by atoms with Crippen molar-refractivity contribution >= 4 is 109 Å². The predicted octanol–water partition coefficient (Wildman–Crippen LogP) is 13.7. The summed E-state index contributed by atoms with van der Waals surface area (Å²) in [7, 11) is 0. The van der Waals surface area contributed by atoms with Gasteiger partial charge in [0, 0.05) is 37.9 Å². The van der Waals surface area contributed by atoms with Gasteiger partial charge in [-0.05, 0) is 86.2 Å². The van der Waals surface area contributed by atoms with Crippen LogP contribution in [-0.4, -0.2) is 14.5 Å². The van der Waals surface area contributed by atoms with Gasteiger partial charge in [-0.1, -0.05) is 115 Å². The van der Waals surface area contributed by atoms with Crippen molar-refractivity contribution in [1.29, 1.82) is 0 Å². The third-order valence-corrected chi connectivity index (χ3v) is 11.6. The Hall–Kier alpha value is -7.50. The first kappa shape index (κ1) is 29.0. The first-order valence-electron chi connectivity index (χ1n) is 18.6. The van der Waals surface area contributed by atoms with Gasteiger partial charge in [0.15, 0.2) is 0 Å². The molecule has 0 bridgehead atoms. The molecule has 0 saturated carbocycles. The molecular formula is C50H27N3O2. The molecule has 0 atom stereocenters. The molecule has 4 aromatic heterocycles. The molecular weight excluding hydrogens is 675 g/mol. The van der Waals surface area contributed by atoms with Crippen LogP contribution in [0.1, 0.15) is 0 Å². The molecule has 0 aliphatic carbocycles. The molecule has 0 radical (unpaired) electrons. The maximum Gasteiger partial charge on any atom is 0.238 e. The highest BCUT2D eigenvalue weighted by atomic mass is 16.3. The molecule has 55 heavy (non-hydrogen) atoms. The van der Waals surface area contributed by atoms with Crippen molar-refractivity contribution in [1.82, 2.24) is 14.5 Å². The lowest BCUT2D eigenvalue weighted by Gasteiger charge is -2.12. The summed E-state index contributed by atoms with van der Waals surface area (Å²) >= 11 is 0. The van der Waals surface area contributed by atoms with Crippen molar-refractivity contribution in [2.75, 3.05) is 0 Å². The van der Waals surface area contributed by atoms with E-state index < -0.39 is 0 Å². The number of aromatic nitrogens is 3. The molecule has 0 aliphatic rings. The van der Waals surface area contributed by atoms with Crippen molar-refractivity contribution in [3.8, 4) is 17.2 Å². The van der Waals surface area contributed by atoms with E-state index in [4.69, 9.17) is 18.8 Å². The van der Waals surface area contributed by atoms with Gasteiger partial charge in [0.2, 0.25) is 11.7 Å². The average Bonchev–Trinajstić information content (AvgIpc) is 3.91. The largest absolute Gasteiger partial charge is 0.456 e. The van der Waals surface area contributed by atoms with Gasteiger partial charge < -0.3 is 8.83 Å². The first-order valence-corrected chi connectivity index (χ1v) is 18.6. The highest BCUT2D eigenvalue weighted by molar-refractivity contribution is 6.35. The molecule has 0 amide bonds. The normalized spacial score (nSPS) is 12.4. The lowest BCUT2D eigenvalue weighted by molar-refractivity contribution is 0.651. The van der Waals surface area contributed by atoms with Crippen LogP contribution >= 0.6 is 0 Å². The Morgan fingerprint density at radius 3 is 1.75 bits per heavy atom. The highest BCUT2D eigenvalue weighted by Gasteiger charge is 2.24. The molecule has 0 N–H and O–H groups in total. The second kappa shape index (κ2) is 10.6. The Balaban J connectivity index is 1.21. The van der Waals surface area contributed by atoms with E-state index >= 15 is 0 Å². The molecule has 0 fully saturated rings. The lowest BCUT2D eigenvalue weighted by atomic mass is 9.91. The zero-order chi connectivity index (χ0) is 35.8. The molecule has 13 rings (SSSR count). The van der Waals surface area contributed by atoms with Crippen LogP contribution in [0.5, 0.6) is 0 Å². The summed E-state index contributed by atoms with van der Waals surface area (Å²) in [6.07, 6.45) is 0. The van der Waals surface area contributed by atoms with Gasteiger partial charge in [-0.15, -0.1) is 0 Å². The Morgan fingerprint density at radius 2 is 0.964 bits per heavy atom. The fourth-order valence-corrected chi connectivity index (χ4v) is 9.20. The number of fused-ring (bicyclic) bond motifs is 17. The topological polar surface area (TPSA) is 57.0 Å². The van der Waals surface area contributed by atoms with Crippen molar-refractivity contribution in [2.45, 2.75) is 0 Å². The molecule has 0 spiro atoms. The number of hydrogen-bond donors (Lipinski definition) is 0. The van der Waals surface area contributed by atoms with Gasteiger partial charge in [-0.3, -0.25) is 4.57 Å². The number of rotatable bonds is 2. The van der Waals surface area contributed by atoms with E-state index in [9.17, 15) is 0 Å². The number of benzene rings is 9. The summed E-state index contributed by atoms with van der Waals surface area (Å²) in [4.78, 5) is 10.8. The smallest absolute Gasteiger partial charge is 0.238 e. The van der Waals surface area contributed by atoms with Gasteiger partial charge in [0.05, 0.1) is 22.1 Å². The van der Waals surface area contributed by atoms with Crippen molar-refractivity contribution in [3.05, 3.63) is 164 Å². The zero-order valence-corrected chi connectivity index (χ0v) is 29.2. The highest BCUT2D eigenvalue weighted by Crippen LogP contribution is 2.45. The van der Waals surface area contributed by atoms with Crippen LogP contribution in [0.25, 0.3) is 126 Å². The first-order chi connectivity index (χ1) is 27.3. The third kappa shape index (κ3) is 3.91. The second-order valence-corrected chi connectivity index (χ2v) is 14.5. The van der Waals surface area contributed by atoms with Crippen LogP contribution in [0.4, 0.5) is 0 Å². The van der Waals surface area contributed by atoms with Crippen molar-refractivity contribution < 1.29 is 8.83 Å². The van der Waals surface area contributed by atoms with Crippen molar-refractivity contribution in [2.24, 2.45) is 0 Å². The SMILES string of the molecule is c1ccc2cc3c(cc2c1)c1c2c4ccccc4c4ccccc4c2ccc1n3-c1nc(-c2ccc3oc4ccccc4c3c2)c2c(n1)oc1ccccc12. The summed E-state index contributed by atoms with van der Waals surface area (Å²) in [6.45, 7) is 0. The summed E-state index contributed by atoms with van der Waals surface area (Å²) in [5.41, 5.74) is 6.88. The summed E-state index contributed by atoms with van der Waals surface area (Å²) < 4.78 is 15.1. The quantitative estimate of drug-likeness (QED) is 0.168. The van der Waals surface area contributed by atoms with Gasteiger partial charge in [-0.2, -0.15) is 4.98 Å². The minimum atomic E-state index is 0.548. The summed E-state index contributed by atoms with van der Waals surface area (Å²) in [6, 6.07) is 57.9. The lowest BCUT2D eigenvalue weighted by Crippen LogP contribution is -2.03. The second-order valence-electron chi connectivity index (χ2n) is 14.5. The van der Waals surface area contributed by atoms with Gasteiger partial charge in [0.25, 0.3) is 0 Å². The van der Waals surface area contributed by atoms with E-state index in [0.717, 1.165) is 71.4 Å². The molecule has 13 aromatic rings. The van der Waals surface area contributed by atoms with Crippen LogP contribution in [0, 0.1) is 0 Å². The minimum Gasteiger partial charge on any atom is -0.456 e. The Kier molecular flexibility index (Phi) is 5.57. The van der Waals surface area contributed by atoms with Gasteiger partial charge in [0.1, 0.15) is 16.7 Å². The molecule has 0 saturated heterocycles. The Labute approximate surface area is 312 Å². The van der Waals surface area contributed by atoms with Gasteiger partial charge in [-0.25, -0.2) is 4.98 Å². The van der Waals surface area contributed by atoms with Crippen LogP contribution < -0.4 is 0 Å². The van der Waals surface area contributed by atoms with E-state index in [1.54, 1.807) is 0 Å². The van der Waals surface area contributed by atoms with E-state index in [1.807, 2.05) is 30.3 Å². The number of nitrogens with zero attached hydrogens (tertiary/aromatic N) is 3. The maximum atomic E-state index is 6.58. The number of hydrogen-bond acceptors (Lipinski definition) is 4. The minimum absolute atomic E-state index is 0.548. The molecule has 9 aromatic carbocycles. The molecule has 4 heterocycles. The van der Waals surface area contributed by atoms with Crippen LogP contribution in [0.2, 0.25) is 0 Å². The van der Waals surface area contributed by atoms with E-state index in [2.05, 4.69) is 138 Å². The zero-order valence-electron chi connectivity index (χ0n) is 29.2. The molecule has 254 valence electrons. The van der Waals surface area contributed by atoms with Gasteiger partial charge >= 0.3 is 0 Å². The molecule has 0 aliphatic heterocycles. The summed E-state index contributed by atoms with van der Waals surface area (Å²) in [5, 5.41) is 16.1. The molecule has 5 heteroatoms. The fraction of sp³-hybridized carbons (Fsp3) is 0. The van der Waals surface area contributed by atoms with Crippen LogP contribution in [-0.2, 0) is 0 Å². The standard InChI is InChI=1S/C50H27N3O2/c1-2-12-29-27-41-39(25-28(29)11-1)46-40(23-22-36-33-15-4-3-13-31(33)32-14-5-6-17-35(32)45(36)46)53(41)50-51-48(47-37-18-8-10-20-43(37)55-49(47)52-50)30-21-24-44-38(26-30)34-16-7-9-19-42(34)54-44/h1-27H. The maximum absolute atomic E-state index is 6.58. The van der Waals surface area contributed by atoms with E-state index in [-0.39, 0.29) is 0 Å².